The van der Waals surface area contributed by atoms with Gasteiger partial charge in [-0.15, -0.1) is 0 Å². The first-order valence-electron chi connectivity index (χ1n) is 0. The van der Waals surface area contributed by atoms with E-state index in [4.69, 9.17) is 0 Å². The Bertz CT molecular complexity index is 3.25. The van der Waals surface area contributed by atoms with Gasteiger partial charge >= 0.3 is 17.6 Å². The predicted octanol–water partition coefficient (Wildman–Crippen LogP) is -1.46. The molecule has 0 saturated carbocycles. The van der Waals surface area contributed by atoms with Gasteiger partial charge in [0.15, 0.2) is 0 Å². The van der Waals surface area contributed by atoms with Crippen LogP contribution in [-0.2, 0) is 50.3 Å². The molecule has 0 nitrogen and oxygen atoms in total. The summed E-state index contributed by atoms with van der Waals surface area (Å²) in [5.74, 6) is 0. The van der Waals surface area contributed by atoms with Crippen LogP contribution in [0.15, 0.2) is 0 Å². The molecule has 0 aromatic carbocycles. The van der Waals surface area contributed by atoms with E-state index in [2.05, 4.69) is 0 Å². The second-order valence-electron chi connectivity index (χ2n) is 0. The summed E-state index contributed by atoms with van der Waals surface area (Å²) in [5, 5.41) is 0. The Morgan fingerprint density at radius 1 is 0.500 bits per heavy atom. The van der Waals surface area contributed by atoms with Crippen LogP contribution < -0.4 is 0 Å². The zero-order valence-corrected chi connectivity index (χ0v) is 4.12. The van der Waals surface area contributed by atoms with Crippen LogP contribution in [-0.4, -0.2) is 17.6 Å². The van der Waals surface area contributed by atoms with Crippen LogP contribution in [0, 0.1) is 0 Å². The van der Waals surface area contributed by atoms with E-state index in [-0.39, 0.29) is 67.9 Å². The third kappa shape index (κ3) is 8.96. The summed E-state index contributed by atoms with van der Waals surface area (Å²) in [6.45, 7) is 0. The topological polar surface area (TPSA) is 0 Å². The van der Waals surface area contributed by atoms with E-state index < -0.39 is 0 Å². The maximum absolute atomic E-state index is 0. The molecule has 0 aromatic rings. The van der Waals surface area contributed by atoms with Crippen molar-refractivity contribution in [2.75, 3.05) is 0 Å². The van der Waals surface area contributed by atoms with Crippen molar-refractivity contribution in [3.8, 4) is 0 Å². The molecule has 0 aliphatic carbocycles. The zero-order valence-electron chi connectivity index (χ0n) is 1.00. The van der Waals surface area contributed by atoms with Crippen LogP contribution in [0.5, 0.6) is 0 Å². The Kier molecular flexibility index (Phi) is 179. The second-order valence-corrected chi connectivity index (χ2v) is 0. The molecular formula is H4Co3Ge. The summed E-state index contributed by atoms with van der Waals surface area (Å²) in [4.78, 5) is 0. The molecule has 4 heteroatoms. The van der Waals surface area contributed by atoms with Crippen molar-refractivity contribution in [1.82, 2.24) is 0 Å². The molecule has 0 fully saturated rings. The van der Waals surface area contributed by atoms with Crippen LogP contribution >= 0.6 is 0 Å². The summed E-state index contributed by atoms with van der Waals surface area (Å²) in [5.41, 5.74) is 0. The van der Waals surface area contributed by atoms with Gasteiger partial charge in [-0.3, -0.25) is 0 Å². The third-order valence-electron chi connectivity index (χ3n) is 0. The van der Waals surface area contributed by atoms with Gasteiger partial charge < -0.3 is 0 Å². The van der Waals surface area contributed by atoms with Crippen LogP contribution in [0.3, 0.4) is 0 Å². The van der Waals surface area contributed by atoms with Gasteiger partial charge in [-0.25, -0.2) is 0 Å². The molecule has 4 heavy (non-hydrogen) atoms. The summed E-state index contributed by atoms with van der Waals surface area (Å²) < 4.78 is 0. The average molecular weight is 253 g/mol. The normalized spacial score (nSPS) is 0. The summed E-state index contributed by atoms with van der Waals surface area (Å²) in [7, 11) is 0. The molecule has 0 spiro atoms. The Morgan fingerprint density at radius 3 is 0.500 bits per heavy atom. The van der Waals surface area contributed by atoms with E-state index in [9.17, 15) is 0 Å². The summed E-state index contributed by atoms with van der Waals surface area (Å²) in [6.07, 6.45) is 0. The van der Waals surface area contributed by atoms with Gasteiger partial charge in [-0.2, -0.15) is 0 Å². The first kappa shape index (κ1) is 36.5. The van der Waals surface area contributed by atoms with Gasteiger partial charge in [0.2, 0.25) is 0 Å². The minimum atomic E-state index is 0. The van der Waals surface area contributed by atoms with E-state index in [1.807, 2.05) is 0 Å². The Hall–Kier alpha value is 2.06. The van der Waals surface area contributed by atoms with E-state index in [0.29, 0.717) is 0 Å². The van der Waals surface area contributed by atoms with Crippen molar-refractivity contribution in [3.63, 3.8) is 0 Å². The van der Waals surface area contributed by atoms with Gasteiger partial charge in [0.1, 0.15) is 0 Å². The van der Waals surface area contributed by atoms with Crippen LogP contribution in [0.25, 0.3) is 0 Å². The number of rotatable bonds is 0. The first-order valence-corrected chi connectivity index (χ1v) is 0. The van der Waals surface area contributed by atoms with Crippen molar-refractivity contribution in [2.24, 2.45) is 0 Å². The van der Waals surface area contributed by atoms with Gasteiger partial charge in [0.25, 0.3) is 0 Å². The number of hydrogen-bond donors (Lipinski definition) is 0. The van der Waals surface area contributed by atoms with Gasteiger partial charge in [0.05, 0.1) is 0 Å². The predicted molar refractivity (Wildman–Crippen MR) is 11.3 cm³/mol. The molecule has 0 rings (SSSR count). The van der Waals surface area contributed by atoms with E-state index >= 15 is 0 Å². The fourth-order valence-corrected chi connectivity index (χ4v) is 0. The standard InChI is InChI=1S/3Co.GeH4/h;;;1H4. The SMILES string of the molecule is [Co].[Co].[Co].[GeH4]. The molecule has 0 aromatic heterocycles. The molecule has 0 heterocycles. The fraction of sp³-hybridized carbons (Fsp3) is 0. The third-order valence-corrected chi connectivity index (χ3v) is 0. The molecule has 0 amide bonds. The fourth-order valence-electron chi connectivity index (χ4n) is 0. The molecule has 0 atom stereocenters. The quantitative estimate of drug-likeness (QED) is 0.463. The van der Waals surface area contributed by atoms with Gasteiger partial charge in [-0.1, -0.05) is 0 Å². The molecule has 0 unspecified atom stereocenters. The molecule has 0 N–H and O–H groups in total. The molecular weight excluding hydrogens is 249 g/mol. The average Bonchev–Trinajstić information content (AvgIpc) is 0. The van der Waals surface area contributed by atoms with E-state index in [1.54, 1.807) is 0 Å². The summed E-state index contributed by atoms with van der Waals surface area (Å²) in [6, 6.07) is 0. The van der Waals surface area contributed by atoms with Crippen molar-refractivity contribution < 1.29 is 50.3 Å². The van der Waals surface area contributed by atoms with Crippen molar-refractivity contribution in [1.29, 1.82) is 0 Å². The first-order chi connectivity index (χ1) is 0. The van der Waals surface area contributed by atoms with Crippen LogP contribution in [0.2, 0.25) is 0 Å². The molecule has 0 aliphatic heterocycles. The number of hydrogen-bond acceptors (Lipinski definition) is 0. The van der Waals surface area contributed by atoms with Crippen molar-refractivity contribution in [3.05, 3.63) is 0 Å². The van der Waals surface area contributed by atoms with E-state index in [1.165, 1.54) is 0 Å². The van der Waals surface area contributed by atoms with E-state index in [0.717, 1.165) is 0 Å². The monoisotopic (exact) mass is 255 g/mol. The van der Waals surface area contributed by atoms with Crippen molar-refractivity contribution in [2.45, 2.75) is 0 Å². The van der Waals surface area contributed by atoms with Crippen LogP contribution in [0.4, 0.5) is 0 Å². The molecule has 35 valence electrons. The van der Waals surface area contributed by atoms with Gasteiger partial charge in [-0.05, 0) is 0 Å². The van der Waals surface area contributed by atoms with Gasteiger partial charge in [0, 0.05) is 50.3 Å². The molecule has 3 radical (unpaired) electrons. The maximum atomic E-state index is 0. The molecule has 0 bridgehead atoms. The Labute approximate surface area is 67.4 Å². The minimum absolute atomic E-state index is 0. The molecule has 0 aliphatic rings. The zero-order chi connectivity index (χ0) is 0. The molecule has 0 saturated heterocycles. The summed E-state index contributed by atoms with van der Waals surface area (Å²) >= 11 is 0. The Morgan fingerprint density at radius 2 is 0.500 bits per heavy atom. The second kappa shape index (κ2) is 19.6. The van der Waals surface area contributed by atoms with Crippen LogP contribution in [0.1, 0.15) is 0 Å². The van der Waals surface area contributed by atoms with Crippen molar-refractivity contribution >= 4 is 17.6 Å². The Balaban J connectivity index is 0.